The van der Waals surface area contributed by atoms with Gasteiger partial charge in [0.2, 0.25) is 0 Å². The molecule has 1 fully saturated rings. The largest absolute Gasteiger partial charge is 0.495 e. The van der Waals surface area contributed by atoms with Crippen molar-refractivity contribution in [3.8, 4) is 5.75 Å². The van der Waals surface area contributed by atoms with Gasteiger partial charge < -0.3 is 19.7 Å². The van der Waals surface area contributed by atoms with Crippen LogP contribution in [0.3, 0.4) is 0 Å². The maximum Gasteiger partial charge on any atom is 0.142 e. The summed E-state index contributed by atoms with van der Waals surface area (Å²) in [6.45, 7) is 6.82. The highest BCUT2D eigenvalue weighted by atomic mass is 16.5. The average molecular weight is 278 g/mol. The second-order valence-electron chi connectivity index (χ2n) is 5.61. The summed E-state index contributed by atoms with van der Waals surface area (Å²) in [5.74, 6) is 0.924. The van der Waals surface area contributed by atoms with Crippen molar-refractivity contribution in [1.82, 2.24) is 5.32 Å². The molecule has 4 heteroatoms. The SMILES string of the molecule is CCNCC1(CN(C)c2ccccc2OC)CCOC1. The predicted molar refractivity (Wildman–Crippen MR) is 82.7 cm³/mol. The van der Waals surface area contributed by atoms with E-state index in [1.807, 2.05) is 12.1 Å². The third-order valence-electron chi connectivity index (χ3n) is 4.00. The fourth-order valence-electron chi connectivity index (χ4n) is 2.89. The van der Waals surface area contributed by atoms with Crippen molar-refractivity contribution in [2.24, 2.45) is 5.41 Å². The number of para-hydroxylation sites is 2. The molecule has 0 aliphatic carbocycles. The molecule has 1 aliphatic rings. The number of anilines is 1. The Morgan fingerprint density at radius 3 is 2.85 bits per heavy atom. The Labute approximate surface area is 122 Å². The smallest absolute Gasteiger partial charge is 0.142 e. The van der Waals surface area contributed by atoms with Crippen LogP contribution in [0.5, 0.6) is 5.75 Å². The number of benzene rings is 1. The molecule has 1 aromatic rings. The number of hydrogen-bond donors (Lipinski definition) is 1. The van der Waals surface area contributed by atoms with E-state index >= 15 is 0 Å². The number of methoxy groups -OCH3 is 1. The first-order valence-corrected chi connectivity index (χ1v) is 7.33. The summed E-state index contributed by atoms with van der Waals surface area (Å²) >= 11 is 0. The van der Waals surface area contributed by atoms with Crippen LogP contribution in [0.25, 0.3) is 0 Å². The van der Waals surface area contributed by atoms with Crippen molar-refractivity contribution < 1.29 is 9.47 Å². The van der Waals surface area contributed by atoms with Crippen LogP contribution in [0, 0.1) is 5.41 Å². The zero-order chi connectivity index (χ0) is 14.4. The summed E-state index contributed by atoms with van der Waals surface area (Å²) < 4.78 is 11.1. The minimum absolute atomic E-state index is 0.200. The molecule has 1 N–H and O–H groups in total. The van der Waals surface area contributed by atoms with Gasteiger partial charge in [0, 0.05) is 32.2 Å². The second kappa shape index (κ2) is 6.95. The molecule has 0 spiro atoms. The molecule has 0 radical (unpaired) electrons. The third kappa shape index (κ3) is 3.44. The fraction of sp³-hybridized carbons (Fsp3) is 0.625. The molecule has 1 heterocycles. The molecule has 20 heavy (non-hydrogen) atoms. The Bertz CT molecular complexity index is 417. The van der Waals surface area contributed by atoms with Gasteiger partial charge >= 0.3 is 0 Å². The van der Waals surface area contributed by atoms with Crippen LogP contribution in [-0.4, -0.2) is 47.0 Å². The quantitative estimate of drug-likeness (QED) is 0.828. The molecule has 1 unspecified atom stereocenters. The molecule has 1 aromatic carbocycles. The van der Waals surface area contributed by atoms with Gasteiger partial charge in [-0.25, -0.2) is 0 Å². The topological polar surface area (TPSA) is 33.7 Å². The van der Waals surface area contributed by atoms with Gasteiger partial charge in [0.25, 0.3) is 0 Å². The number of nitrogens with zero attached hydrogens (tertiary/aromatic N) is 1. The number of rotatable bonds is 7. The average Bonchev–Trinajstić information content (AvgIpc) is 2.93. The monoisotopic (exact) mass is 278 g/mol. The van der Waals surface area contributed by atoms with Crippen LogP contribution in [0.4, 0.5) is 5.69 Å². The zero-order valence-corrected chi connectivity index (χ0v) is 12.8. The lowest BCUT2D eigenvalue weighted by molar-refractivity contribution is 0.153. The van der Waals surface area contributed by atoms with Crippen LogP contribution in [0.15, 0.2) is 24.3 Å². The van der Waals surface area contributed by atoms with Gasteiger partial charge in [0.1, 0.15) is 5.75 Å². The Hall–Kier alpha value is -1.26. The molecule has 0 bridgehead atoms. The number of nitrogens with one attached hydrogen (secondary N) is 1. The molecular weight excluding hydrogens is 252 g/mol. The van der Waals surface area contributed by atoms with Gasteiger partial charge in [0.05, 0.1) is 19.4 Å². The summed E-state index contributed by atoms with van der Waals surface area (Å²) in [6.07, 6.45) is 1.11. The van der Waals surface area contributed by atoms with E-state index in [9.17, 15) is 0 Å². The van der Waals surface area contributed by atoms with Gasteiger partial charge in [-0.15, -0.1) is 0 Å². The molecule has 112 valence electrons. The van der Waals surface area contributed by atoms with Crippen molar-refractivity contribution in [1.29, 1.82) is 0 Å². The van der Waals surface area contributed by atoms with E-state index < -0.39 is 0 Å². The first-order valence-electron chi connectivity index (χ1n) is 7.33. The summed E-state index contributed by atoms with van der Waals surface area (Å²) in [7, 11) is 3.85. The summed E-state index contributed by atoms with van der Waals surface area (Å²) in [6, 6.07) is 8.17. The van der Waals surface area contributed by atoms with Gasteiger partial charge in [-0.3, -0.25) is 0 Å². The Morgan fingerprint density at radius 2 is 2.20 bits per heavy atom. The van der Waals surface area contributed by atoms with Gasteiger partial charge in [-0.1, -0.05) is 19.1 Å². The molecule has 0 saturated carbocycles. The lowest BCUT2D eigenvalue weighted by atomic mass is 9.86. The number of ether oxygens (including phenoxy) is 2. The van der Waals surface area contributed by atoms with Crippen molar-refractivity contribution >= 4 is 5.69 Å². The zero-order valence-electron chi connectivity index (χ0n) is 12.8. The standard InChI is InChI=1S/C16H26N2O2/c1-4-17-11-16(9-10-20-13-16)12-18(2)14-7-5-6-8-15(14)19-3/h5-8,17H,4,9-13H2,1-3H3. The fourth-order valence-corrected chi connectivity index (χ4v) is 2.89. The van der Waals surface area contributed by atoms with Crippen LogP contribution >= 0.6 is 0 Å². The minimum atomic E-state index is 0.200. The maximum atomic E-state index is 5.65. The van der Waals surface area contributed by atoms with E-state index in [2.05, 4.69) is 36.3 Å². The molecule has 0 aromatic heterocycles. The van der Waals surface area contributed by atoms with Crippen LogP contribution in [0.2, 0.25) is 0 Å². The molecule has 0 amide bonds. The Balaban J connectivity index is 2.09. The normalized spacial score (nSPS) is 21.9. The number of hydrogen-bond acceptors (Lipinski definition) is 4. The van der Waals surface area contributed by atoms with Crippen LogP contribution in [0.1, 0.15) is 13.3 Å². The van der Waals surface area contributed by atoms with Crippen molar-refractivity contribution in [2.45, 2.75) is 13.3 Å². The second-order valence-corrected chi connectivity index (χ2v) is 5.61. The van der Waals surface area contributed by atoms with Gasteiger partial charge in [0.15, 0.2) is 0 Å². The first-order chi connectivity index (χ1) is 9.71. The van der Waals surface area contributed by atoms with Crippen molar-refractivity contribution in [2.75, 3.05) is 51.9 Å². The van der Waals surface area contributed by atoms with E-state index in [1.165, 1.54) is 0 Å². The molecular formula is C16H26N2O2. The van der Waals surface area contributed by atoms with E-state index in [1.54, 1.807) is 7.11 Å². The molecule has 1 atom stereocenters. The lowest BCUT2D eigenvalue weighted by Crippen LogP contribution is -2.43. The van der Waals surface area contributed by atoms with E-state index in [-0.39, 0.29) is 5.41 Å². The van der Waals surface area contributed by atoms with E-state index in [0.29, 0.717) is 0 Å². The highest BCUT2D eigenvalue weighted by Gasteiger charge is 2.36. The highest BCUT2D eigenvalue weighted by molar-refractivity contribution is 5.58. The van der Waals surface area contributed by atoms with E-state index in [0.717, 1.165) is 50.7 Å². The van der Waals surface area contributed by atoms with Crippen molar-refractivity contribution in [3.63, 3.8) is 0 Å². The van der Waals surface area contributed by atoms with Crippen LogP contribution < -0.4 is 15.0 Å². The molecule has 4 nitrogen and oxygen atoms in total. The molecule has 1 aliphatic heterocycles. The Morgan fingerprint density at radius 1 is 1.40 bits per heavy atom. The summed E-state index contributed by atoms with van der Waals surface area (Å²) in [5.41, 5.74) is 1.34. The highest BCUT2D eigenvalue weighted by Crippen LogP contribution is 2.33. The maximum absolute atomic E-state index is 5.65. The van der Waals surface area contributed by atoms with Gasteiger partial charge in [-0.05, 0) is 25.1 Å². The molecule has 2 rings (SSSR count). The lowest BCUT2D eigenvalue weighted by Gasteiger charge is -2.34. The summed E-state index contributed by atoms with van der Waals surface area (Å²) in [4.78, 5) is 2.28. The first kappa shape index (κ1) is 15.1. The predicted octanol–water partition coefficient (Wildman–Crippen LogP) is 2.15. The Kier molecular flexibility index (Phi) is 5.26. The van der Waals surface area contributed by atoms with E-state index in [4.69, 9.17) is 9.47 Å². The van der Waals surface area contributed by atoms with Gasteiger partial charge in [-0.2, -0.15) is 0 Å². The summed E-state index contributed by atoms with van der Waals surface area (Å²) in [5, 5.41) is 3.48. The third-order valence-corrected chi connectivity index (χ3v) is 4.00. The van der Waals surface area contributed by atoms with Crippen LogP contribution in [-0.2, 0) is 4.74 Å². The van der Waals surface area contributed by atoms with Crippen molar-refractivity contribution in [3.05, 3.63) is 24.3 Å². The molecule has 1 saturated heterocycles. The minimum Gasteiger partial charge on any atom is -0.495 e.